The zero-order valence-electron chi connectivity index (χ0n) is 10.9. The van der Waals surface area contributed by atoms with Crippen molar-refractivity contribution in [3.63, 3.8) is 0 Å². The molecule has 2 rings (SSSR count). The number of nitrogens with one attached hydrogen (secondary N) is 2. The fraction of sp³-hybridized carbons (Fsp3) is 0.846. The predicted molar refractivity (Wildman–Crippen MR) is 66.9 cm³/mol. The van der Waals surface area contributed by atoms with Crippen LogP contribution in [0.15, 0.2) is 0 Å². The molecule has 0 aromatic carbocycles. The Balaban J connectivity index is 1.69. The highest BCUT2D eigenvalue weighted by Gasteiger charge is 2.30. The number of rotatable bonds is 4. The van der Waals surface area contributed by atoms with E-state index in [1.165, 1.54) is 0 Å². The van der Waals surface area contributed by atoms with E-state index in [1.54, 1.807) is 0 Å². The molecule has 18 heavy (non-hydrogen) atoms. The van der Waals surface area contributed by atoms with Crippen LogP contribution < -0.4 is 10.6 Å². The third kappa shape index (κ3) is 3.22. The molecule has 2 N–H and O–H groups in total. The third-order valence-corrected chi connectivity index (χ3v) is 3.85. The van der Waals surface area contributed by atoms with Crippen molar-refractivity contribution >= 4 is 11.9 Å². The number of ether oxygens (including phenoxy) is 1. The van der Waals surface area contributed by atoms with Gasteiger partial charge in [0, 0.05) is 19.1 Å². The second kappa shape index (κ2) is 6.18. The maximum Gasteiger partial charge on any atom is 0.308 e. The zero-order chi connectivity index (χ0) is 13.0. The topological polar surface area (TPSA) is 67.4 Å². The highest BCUT2D eigenvalue weighted by molar-refractivity contribution is 5.80. The summed E-state index contributed by atoms with van der Waals surface area (Å²) in [4.78, 5) is 23.3. The summed E-state index contributed by atoms with van der Waals surface area (Å²) in [6.45, 7) is 3.87. The van der Waals surface area contributed by atoms with E-state index >= 15 is 0 Å². The van der Waals surface area contributed by atoms with Crippen LogP contribution in [-0.4, -0.2) is 37.6 Å². The van der Waals surface area contributed by atoms with Crippen molar-refractivity contribution in [1.29, 1.82) is 0 Å². The Labute approximate surface area is 108 Å². The van der Waals surface area contributed by atoms with Crippen LogP contribution in [0.2, 0.25) is 0 Å². The molecular formula is C13H22N2O3. The summed E-state index contributed by atoms with van der Waals surface area (Å²) in [5.74, 6) is 0.259. The first-order valence-corrected chi connectivity index (χ1v) is 6.88. The summed E-state index contributed by atoms with van der Waals surface area (Å²) in [5.41, 5.74) is 0. The minimum Gasteiger partial charge on any atom is -0.466 e. The Morgan fingerprint density at radius 2 is 1.83 bits per heavy atom. The summed E-state index contributed by atoms with van der Waals surface area (Å²) in [6, 6.07) is 0.240. The molecule has 0 spiro atoms. The molecule has 0 aromatic rings. The second-order valence-corrected chi connectivity index (χ2v) is 5.16. The Hall–Kier alpha value is -1.10. The second-order valence-electron chi connectivity index (χ2n) is 5.16. The lowest BCUT2D eigenvalue weighted by Crippen LogP contribution is -2.53. The average Bonchev–Trinajstić information content (AvgIpc) is 2.27. The van der Waals surface area contributed by atoms with Gasteiger partial charge in [0.2, 0.25) is 5.91 Å². The molecule has 0 unspecified atom stereocenters. The van der Waals surface area contributed by atoms with Gasteiger partial charge in [0.1, 0.15) is 0 Å². The molecule has 2 fully saturated rings. The molecule has 1 aliphatic heterocycles. The van der Waals surface area contributed by atoms with E-state index in [0.717, 1.165) is 38.8 Å². The molecule has 0 radical (unpaired) electrons. The summed E-state index contributed by atoms with van der Waals surface area (Å²) in [7, 11) is 0. The van der Waals surface area contributed by atoms with Crippen LogP contribution >= 0.6 is 0 Å². The van der Waals surface area contributed by atoms with Gasteiger partial charge in [-0.25, -0.2) is 0 Å². The van der Waals surface area contributed by atoms with Gasteiger partial charge >= 0.3 is 5.97 Å². The molecule has 0 atom stereocenters. The number of carbonyl (C=O) groups is 2. The zero-order valence-corrected chi connectivity index (χ0v) is 10.9. The maximum atomic E-state index is 11.8. The lowest BCUT2D eigenvalue weighted by Gasteiger charge is -2.31. The molecule has 2 aliphatic rings. The van der Waals surface area contributed by atoms with Crippen LogP contribution in [0.3, 0.4) is 0 Å². The van der Waals surface area contributed by atoms with Crippen molar-refractivity contribution in [3.8, 4) is 0 Å². The minimum atomic E-state index is -0.0783. The first kappa shape index (κ1) is 13.3. The fourth-order valence-corrected chi connectivity index (χ4v) is 2.53. The van der Waals surface area contributed by atoms with Crippen LogP contribution in [-0.2, 0) is 14.3 Å². The minimum absolute atomic E-state index is 0.0310. The van der Waals surface area contributed by atoms with Gasteiger partial charge < -0.3 is 15.4 Å². The van der Waals surface area contributed by atoms with Gasteiger partial charge in [-0.2, -0.15) is 0 Å². The van der Waals surface area contributed by atoms with E-state index < -0.39 is 0 Å². The number of hydrogen-bond donors (Lipinski definition) is 2. The van der Waals surface area contributed by atoms with E-state index in [2.05, 4.69) is 10.6 Å². The van der Waals surface area contributed by atoms with Crippen LogP contribution in [0.1, 0.15) is 32.6 Å². The summed E-state index contributed by atoms with van der Waals surface area (Å²) >= 11 is 0. The summed E-state index contributed by atoms with van der Waals surface area (Å²) in [6.07, 6.45) is 3.42. The Morgan fingerprint density at radius 3 is 2.33 bits per heavy atom. The first-order chi connectivity index (χ1) is 8.70. The van der Waals surface area contributed by atoms with Gasteiger partial charge in [-0.15, -0.1) is 0 Å². The fourth-order valence-electron chi connectivity index (χ4n) is 2.53. The van der Waals surface area contributed by atoms with Gasteiger partial charge in [-0.1, -0.05) is 0 Å². The Morgan fingerprint density at radius 1 is 1.17 bits per heavy atom. The van der Waals surface area contributed by atoms with E-state index in [1.807, 2.05) is 6.92 Å². The number of amides is 1. The lowest BCUT2D eigenvalue weighted by atomic mass is 9.85. The van der Waals surface area contributed by atoms with Crippen molar-refractivity contribution in [3.05, 3.63) is 0 Å². The highest BCUT2D eigenvalue weighted by atomic mass is 16.5. The van der Waals surface area contributed by atoms with E-state index in [9.17, 15) is 9.59 Å². The van der Waals surface area contributed by atoms with Crippen LogP contribution in [0.5, 0.6) is 0 Å². The largest absolute Gasteiger partial charge is 0.466 e. The third-order valence-electron chi connectivity index (χ3n) is 3.85. The molecule has 1 aliphatic carbocycles. The van der Waals surface area contributed by atoms with Gasteiger partial charge in [-0.3, -0.25) is 9.59 Å². The van der Waals surface area contributed by atoms with Crippen molar-refractivity contribution in [2.24, 2.45) is 11.8 Å². The smallest absolute Gasteiger partial charge is 0.308 e. The lowest BCUT2D eigenvalue weighted by molar-refractivity contribution is -0.149. The summed E-state index contributed by atoms with van der Waals surface area (Å²) in [5, 5.41) is 6.17. The standard InChI is InChI=1S/C13H22N2O3/c1-2-18-13(17)9-3-5-11(6-4-9)15-12(16)10-7-14-8-10/h9-11,14H,2-8H2,1H3,(H,15,16). The van der Waals surface area contributed by atoms with Crippen LogP contribution in [0.4, 0.5) is 0 Å². The van der Waals surface area contributed by atoms with E-state index in [0.29, 0.717) is 6.61 Å². The van der Waals surface area contributed by atoms with Gasteiger partial charge in [-0.05, 0) is 32.6 Å². The van der Waals surface area contributed by atoms with Crippen molar-refractivity contribution in [2.75, 3.05) is 19.7 Å². The summed E-state index contributed by atoms with van der Waals surface area (Å²) < 4.78 is 5.03. The first-order valence-electron chi connectivity index (χ1n) is 6.88. The van der Waals surface area contributed by atoms with E-state index in [-0.39, 0.29) is 29.8 Å². The molecule has 1 amide bonds. The van der Waals surface area contributed by atoms with Gasteiger partial charge in [0.25, 0.3) is 0 Å². The normalized spacial score (nSPS) is 28.3. The predicted octanol–water partition coefficient (Wildman–Crippen LogP) is 0.444. The van der Waals surface area contributed by atoms with Gasteiger partial charge in [0.15, 0.2) is 0 Å². The molecule has 1 saturated carbocycles. The average molecular weight is 254 g/mol. The number of esters is 1. The molecule has 0 bridgehead atoms. The molecule has 1 heterocycles. The molecule has 0 aromatic heterocycles. The van der Waals surface area contributed by atoms with Gasteiger partial charge in [0.05, 0.1) is 18.4 Å². The quantitative estimate of drug-likeness (QED) is 0.715. The molecule has 1 saturated heterocycles. The highest BCUT2D eigenvalue weighted by Crippen LogP contribution is 2.25. The van der Waals surface area contributed by atoms with Crippen molar-refractivity contribution in [1.82, 2.24) is 10.6 Å². The number of hydrogen-bond acceptors (Lipinski definition) is 4. The van der Waals surface area contributed by atoms with Crippen LogP contribution in [0, 0.1) is 11.8 Å². The molecule has 5 nitrogen and oxygen atoms in total. The monoisotopic (exact) mass is 254 g/mol. The maximum absolute atomic E-state index is 11.8. The SMILES string of the molecule is CCOC(=O)C1CCC(NC(=O)C2CNC2)CC1. The van der Waals surface area contributed by atoms with E-state index in [4.69, 9.17) is 4.74 Å². The molecule has 102 valence electrons. The Bertz CT molecular complexity index is 307. The van der Waals surface area contributed by atoms with Crippen molar-refractivity contribution in [2.45, 2.75) is 38.6 Å². The molecule has 5 heteroatoms. The Kier molecular flexibility index (Phi) is 4.58. The number of carbonyl (C=O) groups excluding carboxylic acids is 2. The van der Waals surface area contributed by atoms with Crippen LogP contribution in [0.25, 0.3) is 0 Å². The molecular weight excluding hydrogens is 232 g/mol. The van der Waals surface area contributed by atoms with Crippen molar-refractivity contribution < 1.29 is 14.3 Å².